The number of benzene rings is 2. The third-order valence-electron chi connectivity index (χ3n) is 6.20. The van der Waals surface area contributed by atoms with E-state index in [0.717, 1.165) is 40.5 Å². The van der Waals surface area contributed by atoms with E-state index in [1.165, 1.54) is 22.9 Å². The molecule has 0 aliphatic heterocycles. The van der Waals surface area contributed by atoms with Crippen LogP contribution >= 0.6 is 39.0 Å². The van der Waals surface area contributed by atoms with Crippen molar-refractivity contribution in [2.45, 2.75) is 30.8 Å². The van der Waals surface area contributed by atoms with Crippen LogP contribution in [0.4, 0.5) is 0 Å². The first kappa shape index (κ1) is 26.5. The molecule has 0 spiro atoms. The first-order valence-corrected chi connectivity index (χ1v) is 14.6. The fourth-order valence-corrected chi connectivity index (χ4v) is 6.82. The van der Waals surface area contributed by atoms with Gasteiger partial charge in [0.25, 0.3) is 11.5 Å². The van der Waals surface area contributed by atoms with Crippen molar-refractivity contribution in [2.75, 3.05) is 20.0 Å². The molecule has 0 bridgehead atoms. The molecule has 0 fully saturated rings. The number of amides is 1. The highest BCUT2D eigenvalue weighted by Crippen LogP contribution is 2.35. The molecule has 0 atom stereocenters. The first-order valence-electron chi connectivity index (χ1n) is 12.0. The van der Waals surface area contributed by atoms with Gasteiger partial charge in [0.05, 0.1) is 37.3 Å². The third-order valence-corrected chi connectivity index (χ3v) is 8.85. The minimum Gasteiger partial charge on any atom is -0.493 e. The smallest absolute Gasteiger partial charge is 0.267 e. The number of thioether (sulfide) groups is 1. The van der Waals surface area contributed by atoms with Crippen LogP contribution in [0.1, 0.15) is 28.8 Å². The summed E-state index contributed by atoms with van der Waals surface area (Å²) in [6, 6.07) is 12.9. The molecule has 4 aromatic rings. The van der Waals surface area contributed by atoms with Gasteiger partial charge in [0.2, 0.25) is 0 Å². The van der Waals surface area contributed by atoms with E-state index in [2.05, 4.69) is 26.5 Å². The lowest BCUT2D eigenvalue weighted by Gasteiger charge is -2.13. The SMILES string of the molecule is COc1cccc(C=NNC(=O)CSc2nc3sc4c(c3c(=O)n2-c2ccc(Br)cc2)CCCC4)c1OC. The molecule has 0 saturated heterocycles. The van der Waals surface area contributed by atoms with E-state index < -0.39 is 0 Å². The molecule has 11 heteroatoms. The van der Waals surface area contributed by atoms with Crippen molar-refractivity contribution in [2.24, 2.45) is 5.10 Å². The van der Waals surface area contributed by atoms with Gasteiger partial charge in [0, 0.05) is 14.9 Å². The van der Waals surface area contributed by atoms with Crippen LogP contribution in [0, 0.1) is 0 Å². The second kappa shape index (κ2) is 11.7. The number of nitrogens with one attached hydrogen (secondary N) is 1. The Bertz CT molecular complexity index is 1580. The number of fused-ring (bicyclic) bond motifs is 3. The average molecular weight is 614 g/mol. The maximum Gasteiger partial charge on any atom is 0.267 e. The zero-order valence-corrected chi connectivity index (χ0v) is 24.0. The number of thiophene rings is 1. The van der Waals surface area contributed by atoms with Crippen LogP contribution < -0.4 is 20.5 Å². The second-order valence-electron chi connectivity index (χ2n) is 8.57. The average Bonchev–Trinajstić information content (AvgIpc) is 3.31. The highest BCUT2D eigenvalue weighted by molar-refractivity contribution is 9.10. The Morgan fingerprint density at radius 1 is 1.18 bits per heavy atom. The second-order valence-corrected chi connectivity index (χ2v) is 11.5. The summed E-state index contributed by atoms with van der Waals surface area (Å²) in [6.45, 7) is 0. The maximum absolute atomic E-state index is 13.8. The van der Waals surface area contributed by atoms with Crippen LogP contribution in [-0.2, 0) is 17.6 Å². The molecule has 8 nitrogen and oxygen atoms in total. The van der Waals surface area contributed by atoms with Crippen molar-refractivity contribution in [3.63, 3.8) is 0 Å². The number of carbonyl (C=O) groups excluding carboxylic acids is 1. The summed E-state index contributed by atoms with van der Waals surface area (Å²) < 4.78 is 13.2. The molecular formula is C27H25BrN4O4S2. The largest absolute Gasteiger partial charge is 0.493 e. The van der Waals surface area contributed by atoms with Crippen LogP contribution in [0.15, 0.2) is 62.0 Å². The monoisotopic (exact) mass is 612 g/mol. The zero-order valence-electron chi connectivity index (χ0n) is 20.8. The molecule has 38 heavy (non-hydrogen) atoms. The van der Waals surface area contributed by atoms with Crippen molar-refractivity contribution in [3.8, 4) is 17.2 Å². The number of halogens is 1. The molecule has 196 valence electrons. The van der Waals surface area contributed by atoms with Crippen LogP contribution in [0.5, 0.6) is 11.5 Å². The van der Waals surface area contributed by atoms with Gasteiger partial charge in [-0.25, -0.2) is 10.4 Å². The lowest BCUT2D eigenvalue weighted by Crippen LogP contribution is -2.24. The number of hydrogen-bond acceptors (Lipinski definition) is 8. The van der Waals surface area contributed by atoms with Gasteiger partial charge in [-0.3, -0.25) is 14.2 Å². The van der Waals surface area contributed by atoms with Gasteiger partial charge in [0.1, 0.15) is 4.83 Å². The Hall–Kier alpha value is -3.15. The summed E-state index contributed by atoms with van der Waals surface area (Å²) in [7, 11) is 3.10. The van der Waals surface area contributed by atoms with Crippen LogP contribution in [0.2, 0.25) is 0 Å². The summed E-state index contributed by atoms with van der Waals surface area (Å²) in [5.41, 5.74) is 4.95. The predicted molar refractivity (Wildman–Crippen MR) is 156 cm³/mol. The van der Waals surface area contributed by atoms with Crippen LogP contribution in [0.3, 0.4) is 0 Å². The number of aryl methyl sites for hydroxylation is 2. The van der Waals surface area contributed by atoms with Gasteiger partial charge in [0.15, 0.2) is 16.7 Å². The topological polar surface area (TPSA) is 94.8 Å². The predicted octanol–water partition coefficient (Wildman–Crippen LogP) is 5.35. The molecule has 0 radical (unpaired) electrons. The van der Waals surface area contributed by atoms with Gasteiger partial charge in [-0.2, -0.15) is 5.10 Å². The normalized spacial score (nSPS) is 13.0. The molecule has 1 amide bonds. The standard InChI is InChI=1S/C27H25BrN4O4S2/c1-35-20-8-5-6-16(24(20)36-2)14-29-31-22(33)15-37-27-30-25-23(19-7-3-4-9-21(19)38-25)26(34)32(27)18-12-10-17(28)11-13-18/h5-6,8,10-14H,3-4,7,9,15H2,1-2H3,(H,31,33). The van der Waals surface area contributed by atoms with Crippen molar-refractivity contribution in [1.82, 2.24) is 15.0 Å². The van der Waals surface area contributed by atoms with E-state index in [1.54, 1.807) is 36.2 Å². The summed E-state index contributed by atoms with van der Waals surface area (Å²) >= 11 is 6.26. The summed E-state index contributed by atoms with van der Waals surface area (Å²) in [5, 5.41) is 5.25. The molecule has 1 N–H and O–H groups in total. The Kier molecular flexibility index (Phi) is 8.15. The minimum atomic E-state index is -0.324. The van der Waals surface area contributed by atoms with Crippen molar-refractivity contribution in [1.29, 1.82) is 0 Å². The van der Waals surface area contributed by atoms with Crippen LogP contribution in [-0.4, -0.2) is 41.6 Å². The molecule has 5 rings (SSSR count). The van der Waals surface area contributed by atoms with E-state index in [-0.39, 0.29) is 17.2 Å². The number of nitrogens with zero attached hydrogens (tertiary/aromatic N) is 3. The Morgan fingerprint density at radius 2 is 1.97 bits per heavy atom. The number of hydrogen-bond donors (Lipinski definition) is 1. The molecule has 0 saturated carbocycles. The lowest BCUT2D eigenvalue weighted by molar-refractivity contribution is -0.118. The third kappa shape index (κ3) is 5.36. The number of para-hydroxylation sites is 1. The molecule has 0 unspecified atom stereocenters. The number of rotatable bonds is 8. The zero-order chi connectivity index (χ0) is 26.6. The minimum absolute atomic E-state index is 0.0339. The van der Waals surface area contributed by atoms with Gasteiger partial charge in [-0.15, -0.1) is 11.3 Å². The van der Waals surface area contributed by atoms with Gasteiger partial charge >= 0.3 is 0 Å². The van der Waals surface area contributed by atoms with Crippen molar-refractivity contribution >= 4 is 61.4 Å². The number of aromatic nitrogens is 2. The number of ether oxygens (including phenoxy) is 2. The summed E-state index contributed by atoms with van der Waals surface area (Å²) in [6.07, 6.45) is 5.59. The van der Waals surface area contributed by atoms with Crippen molar-refractivity contribution in [3.05, 3.63) is 73.3 Å². The van der Waals surface area contributed by atoms with Gasteiger partial charge in [-0.1, -0.05) is 33.8 Å². The van der Waals surface area contributed by atoms with Gasteiger partial charge in [-0.05, 0) is 67.6 Å². The number of methoxy groups -OCH3 is 2. The Balaban J connectivity index is 1.40. The Labute approximate surface area is 236 Å². The van der Waals surface area contributed by atoms with E-state index in [9.17, 15) is 9.59 Å². The number of hydrazone groups is 1. The van der Waals surface area contributed by atoms with E-state index >= 15 is 0 Å². The lowest BCUT2D eigenvalue weighted by atomic mass is 9.97. The van der Waals surface area contributed by atoms with E-state index in [0.29, 0.717) is 33.3 Å². The fraction of sp³-hybridized carbons (Fsp3) is 0.259. The quantitative estimate of drug-likeness (QED) is 0.125. The maximum atomic E-state index is 13.8. The van der Waals surface area contributed by atoms with Gasteiger partial charge < -0.3 is 9.47 Å². The first-order chi connectivity index (χ1) is 18.5. The summed E-state index contributed by atoms with van der Waals surface area (Å²) in [5.74, 6) is 0.805. The van der Waals surface area contributed by atoms with Crippen LogP contribution in [0.25, 0.3) is 15.9 Å². The Morgan fingerprint density at radius 3 is 2.74 bits per heavy atom. The fourth-order valence-electron chi connectivity index (χ4n) is 4.45. The van der Waals surface area contributed by atoms with E-state index in [1.807, 2.05) is 36.4 Å². The molecule has 2 aromatic heterocycles. The highest BCUT2D eigenvalue weighted by atomic mass is 79.9. The molecular weight excluding hydrogens is 588 g/mol. The highest BCUT2D eigenvalue weighted by Gasteiger charge is 2.23. The molecule has 1 aliphatic rings. The molecule has 2 heterocycles. The van der Waals surface area contributed by atoms with Crippen molar-refractivity contribution < 1.29 is 14.3 Å². The summed E-state index contributed by atoms with van der Waals surface area (Å²) in [4.78, 5) is 33.3. The molecule has 2 aromatic carbocycles. The van der Waals surface area contributed by atoms with E-state index in [4.69, 9.17) is 14.5 Å². The molecule has 1 aliphatic carbocycles. The number of carbonyl (C=O) groups is 1.